The minimum absolute atomic E-state index is 0.0956. The second-order valence-electron chi connectivity index (χ2n) is 12.2. The van der Waals surface area contributed by atoms with Crippen LogP contribution in [0.5, 0.6) is 5.75 Å². The summed E-state index contributed by atoms with van der Waals surface area (Å²) in [4.78, 5) is 54.7. The zero-order valence-corrected chi connectivity index (χ0v) is 25.9. The number of carbonyl (C=O) groups excluding carboxylic acids is 4. The van der Waals surface area contributed by atoms with Crippen LogP contribution >= 0.6 is 0 Å². The maximum absolute atomic E-state index is 14.1. The largest absolute Gasteiger partial charge is 0.508 e. The zero-order chi connectivity index (χ0) is 31.7. The Morgan fingerprint density at radius 1 is 0.905 bits per heavy atom. The Balaban J connectivity index is 2.48. The molecule has 2 aromatic rings. The Bertz CT molecular complexity index is 1220. The topological polar surface area (TPSA) is 134 Å². The number of benzene rings is 2. The minimum Gasteiger partial charge on any atom is -0.508 e. The minimum atomic E-state index is -1.24. The summed E-state index contributed by atoms with van der Waals surface area (Å²) in [6.07, 6.45) is -0.127. The van der Waals surface area contributed by atoms with Crippen LogP contribution in [0.1, 0.15) is 79.0 Å². The van der Waals surface area contributed by atoms with E-state index in [0.29, 0.717) is 12.0 Å². The number of alkyl carbamates (subject to hydrolysis) is 1. The molecular formula is C32H45N3O7. The molecule has 0 fully saturated rings. The number of esters is 1. The molecule has 2 aromatic carbocycles. The molecule has 42 heavy (non-hydrogen) atoms. The van der Waals surface area contributed by atoms with Gasteiger partial charge >= 0.3 is 12.1 Å². The van der Waals surface area contributed by atoms with Gasteiger partial charge in [0, 0.05) is 12.5 Å². The molecule has 0 aromatic heterocycles. The fourth-order valence-corrected chi connectivity index (χ4v) is 4.19. The van der Waals surface area contributed by atoms with Gasteiger partial charge in [0.25, 0.3) is 0 Å². The second kappa shape index (κ2) is 14.7. The molecule has 10 nitrogen and oxygen atoms in total. The van der Waals surface area contributed by atoms with Crippen LogP contribution in [0.25, 0.3) is 0 Å². The van der Waals surface area contributed by atoms with Gasteiger partial charge in [0.1, 0.15) is 35.6 Å². The van der Waals surface area contributed by atoms with E-state index in [1.807, 2.05) is 37.3 Å². The Labute approximate surface area is 248 Å². The monoisotopic (exact) mass is 583 g/mol. The van der Waals surface area contributed by atoms with Crippen molar-refractivity contribution in [2.24, 2.45) is 0 Å². The first-order valence-electron chi connectivity index (χ1n) is 14.1. The molecule has 0 bridgehead atoms. The van der Waals surface area contributed by atoms with Crippen molar-refractivity contribution >= 4 is 23.9 Å². The molecule has 3 N–H and O–H groups in total. The number of hydrogen-bond acceptors (Lipinski definition) is 7. The normalized spacial score (nSPS) is 13.7. The van der Waals surface area contributed by atoms with Gasteiger partial charge in [0.15, 0.2) is 0 Å². The summed E-state index contributed by atoms with van der Waals surface area (Å²) in [5.74, 6) is -1.90. The van der Waals surface area contributed by atoms with Crippen LogP contribution in [0.3, 0.4) is 0 Å². The highest BCUT2D eigenvalue weighted by molar-refractivity contribution is 5.93. The third-order valence-corrected chi connectivity index (χ3v) is 6.14. The highest BCUT2D eigenvalue weighted by Crippen LogP contribution is 2.28. The fourth-order valence-electron chi connectivity index (χ4n) is 4.19. The van der Waals surface area contributed by atoms with Gasteiger partial charge in [-0.25, -0.2) is 9.59 Å². The van der Waals surface area contributed by atoms with Crippen LogP contribution < -0.4 is 10.6 Å². The number of nitrogens with zero attached hydrogens (tertiary/aromatic N) is 1. The lowest BCUT2D eigenvalue weighted by Crippen LogP contribution is -2.54. The summed E-state index contributed by atoms with van der Waals surface area (Å²) in [5, 5.41) is 15.5. The van der Waals surface area contributed by atoms with E-state index < -0.39 is 59.7 Å². The van der Waals surface area contributed by atoms with Gasteiger partial charge in [-0.05, 0) is 78.1 Å². The summed E-state index contributed by atoms with van der Waals surface area (Å²) in [6.45, 7) is 13.6. The molecule has 0 aliphatic heterocycles. The van der Waals surface area contributed by atoms with Crippen molar-refractivity contribution in [3.05, 3.63) is 65.7 Å². The molecule has 0 radical (unpaired) electrons. The average Bonchev–Trinajstić information content (AvgIpc) is 2.88. The third kappa shape index (κ3) is 11.1. The van der Waals surface area contributed by atoms with Crippen molar-refractivity contribution in [2.75, 3.05) is 6.54 Å². The van der Waals surface area contributed by atoms with Gasteiger partial charge < -0.3 is 30.1 Å². The Hall–Kier alpha value is -4.08. The number of rotatable bonds is 11. The van der Waals surface area contributed by atoms with E-state index in [0.717, 1.165) is 5.56 Å². The number of carbonyl (C=O) groups is 4. The van der Waals surface area contributed by atoms with Gasteiger partial charge in [-0.15, -0.1) is 0 Å². The van der Waals surface area contributed by atoms with E-state index in [1.54, 1.807) is 60.6 Å². The van der Waals surface area contributed by atoms with E-state index in [2.05, 4.69) is 10.6 Å². The summed E-state index contributed by atoms with van der Waals surface area (Å²) in [7, 11) is 0. The van der Waals surface area contributed by atoms with E-state index in [4.69, 9.17) is 9.47 Å². The molecule has 2 rings (SSSR count). The third-order valence-electron chi connectivity index (χ3n) is 6.14. The van der Waals surface area contributed by atoms with E-state index >= 15 is 0 Å². The summed E-state index contributed by atoms with van der Waals surface area (Å²) in [6, 6.07) is 12.5. The van der Waals surface area contributed by atoms with Crippen molar-refractivity contribution in [1.82, 2.24) is 15.5 Å². The zero-order valence-electron chi connectivity index (χ0n) is 25.9. The lowest BCUT2D eigenvalue weighted by molar-refractivity contribution is -0.159. The Kier molecular flexibility index (Phi) is 11.9. The quantitative estimate of drug-likeness (QED) is 0.328. The van der Waals surface area contributed by atoms with Crippen LogP contribution in [0.15, 0.2) is 54.6 Å². The van der Waals surface area contributed by atoms with Gasteiger partial charge in [0.2, 0.25) is 11.8 Å². The van der Waals surface area contributed by atoms with Crippen molar-refractivity contribution < 1.29 is 33.8 Å². The first-order chi connectivity index (χ1) is 19.5. The molecule has 10 heteroatoms. The fraction of sp³-hybridized carbons (Fsp3) is 0.500. The Morgan fingerprint density at radius 2 is 1.52 bits per heavy atom. The first kappa shape index (κ1) is 34.1. The van der Waals surface area contributed by atoms with Crippen LogP contribution in [0.2, 0.25) is 0 Å². The SMILES string of the molecule is CCC(C)N(C(=O)CNC(=O)OC(C)(C)C)C(C(=O)NC(Cc1ccccc1)C(=O)OC(C)(C)C)c1cccc(O)c1. The average molecular weight is 584 g/mol. The number of aromatic hydroxyl groups is 1. The van der Waals surface area contributed by atoms with E-state index in [-0.39, 0.29) is 12.2 Å². The van der Waals surface area contributed by atoms with Crippen molar-refractivity contribution in [1.29, 1.82) is 0 Å². The van der Waals surface area contributed by atoms with Crippen molar-refractivity contribution in [3.8, 4) is 5.75 Å². The lowest BCUT2D eigenvalue weighted by atomic mass is 9.99. The van der Waals surface area contributed by atoms with Crippen LogP contribution in [-0.2, 0) is 30.3 Å². The molecule has 3 amide bonds. The summed E-state index contributed by atoms with van der Waals surface area (Å²) < 4.78 is 10.9. The maximum Gasteiger partial charge on any atom is 0.408 e. The van der Waals surface area contributed by atoms with Crippen LogP contribution in [0, 0.1) is 0 Å². The number of phenolic OH excluding ortho intramolecular Hbond substituents is 1. The van der Waals surface area contributed by atoms with Gasteiger partial charge in [0.05, 0.1) is 0 Å². The van der Waals surface area contributed by atoms with Crippen molar-refractivity contribution in [2.45, 2.75) is 97.6 Å². The van der Waals surface area contributed by atoms with E-state index in [9.17, 15) is 24.3 Å². The molecular weight excluding hydrogens is 538 g/mol. The molecule has 3 unspecified atom stereocenters. The highest BCUT2D eigenvalue weighted by atomic mass is 16.6. The Morgan fingerprint density at radius 3 is 2.07 bits per heavy atom. The number of phenols is 1. The maximum atomic E-state index is 14.1. The molecule has 0 spiro atoms. The number of nitrogens with one attached hydrogen (secondary N) is 2. The first-order valence-corrected chi connectivity index (χ1v) is 14.1. The van der Waals surface area contributed by atoms with Crippen LogP contribution in [0.4, 0.5) is 4.79 Å². The lowest BCUT2D eigenvalue weighted by Gasteiger charge is -2.36. The number of ether oxygens (including phenoxy) is 2. The smallest absolute Gasteiger partial charge is 0.408 e. The molecule has 0 heterocycles. The van der Waals surface area contributed by atoms with Gasteiger partial charge in [-0.1, -0.05) is 49.4 Å². The van der Waals surface area contributed by atoms with Crippen LogP contribution in [-0.4, -0.2) is 63.7 Å². The molecule has 0 aliphatic carbocycles. The highest BCUT2D eigenvalue weighted by Gasteiger charge is 2.37. The van der Waals surface area contributed by atoms with Gasteiger partial charge in [-0.3, -0.25) is 9.59 Å². The molecule has 0 aliphatic rings. The molecule has 230 valence electrons. The summed E-state index contributed by atoms with van der Waals surface area (Å²) >= 11 is 0. The second-order valence-corrected chi connectivity index (χ2v) is 12.2. The standard InChI is InChI=1S/C32H45N3O7/c1-9-21(2)35(26(37)20-33-30(40)42-32(6,7)8)27(23-16-13-17-24(36)19-23)28(38)34-25(29(39)41-31(3,4)5)18-22-14-11-10-12-15-22/h10-17,19,21,25,27,36H,9,18,20H2,1-8H3,(H,33,40)(H,34,38). The summed E-state index contributed by atoms with van der Waals surface area (Å²) in [5.41, 5.74) is -0.420. The molecule has 0 saturated carbocycles. The van der Waals surface area contributed by atoms with Crippen molar-refractivity contribution in [3.63, 3.8) is 0 Å². The molecule has 0 saturated heterocycles. The molecule has 3 atom stereocenters. The predicted molar refractivity (Wildman–Crippen MR) is 160 cm³/mol. The predicted octanol–water partition coefficient (Wildman–Crippen LogP) is 4.65. The number of hydrogen-bond donors (Lipinski definition) is 3. The van der Waals surface area contributed by atoms with E-state index in [1.165, 1.54) is 17.0 Å². The number of amides is 3. The van der Waals surface area contributed by atoms with Gasteiger partial charge in [-0.2, -0.15) is 0 Å².